The summed E-state index contributed by atoms with van der Waals surface area (Å²) in [5.41, 5.74) is 4.20. The van der Waals surface area contributed by atoms with Crippen LogP contribution in [0.2, 0.25) is 0 Å². The Morgan fingerprint density at radius 2 is 1.76 bits per heavy atom. The van der Waals surface area contributed by atoms with Crippen molar-refractivity contribution in [3.63, 3.8) is 0 Å². The topological polar surface area (TPSA) is 4.93 Å². The molecule has 3 rings (SSSR count). The quantitative estimate of drug-likeness (QED) is 0.588. The first kappa shape index (κ1) is 13.9. The van der Waals surface area contributed by atoms with Crippen LogP contribution in [-0.2, 0) is 13.0 Å². The minimum Gasteiger partial charge on any atom is -0.347 e. The lowest BCUT2D eigenvalue weighted by atomic mass is 10.0. The standard InChI is InChI=1S/C20H23N/c1-16(2)18-10-11-20-19(15-18)12-14-21(20)13-6-9-17-7-4-3-5-8-17/h3-5,7-8,10-12,14-16H,6,9,13H2,1-2H3. The SMILES string of the molecule is CC(C)c1ccc2c(ccn2CCCc2ccccc2)c1. The maximum Gasteiger partial charge on any atom is 0.0480 e. The second-order valence-electron chi connectivity index (χ2n) is 6.07. The van der Waals surface area contributed by atoms with Gasteiger partial charge >= 0.3 is 0 Å². The molecule has 0 fully saturated rings. The van der Waals surface area contributed by atoms with Crippen LogP contribution in [0.1, 0.15) is 37.3 Å². The van der Waals surface area contributed by atoms with Gasteiger partial charge in [-0.25, -0.2) is 0 Å². The van der Waals surface area contributed by atoms with Crippen LogP contribution in [0, 0.1) is 0 Å². The maximum absolute atomic E-state index is 2.38. The third-order valence-electron chi connectivity index (χ3n) is 4.17. The smallest absolute Gasteiger partial charge is 0.0480 e. The summed E-state index contributed by atoms with van der Waals surface area (Å²) >= 11 is 0. The molecule has 0 radical (unpaired) electrons. The Labute approximate surface area is 127 Å². The summed E-state index contributed by atoms with van der Waals surface area (Å²) in [6.07, 6.45) is 4.55. The zero-order chi connectivity index (χ0) is 14.7. The highest BCUT2D eigenvalue weighted by molar-refractivity contribution is 5.81. The molecular weight excluding hydrogens is 254 g/mol. The van der Waals surface area contributed by atoms with Crippen molar-refractivity contribution in [1.82, 2.24) is 4.57 Å². The number of benzene rings is 2. The Balaban J connectivity index is 1.70. The molecule has 0 atom stereocenters. The number of nitrogens with zero attached hydrogens (tertiary/aromatic N) is 1. The molecule has 2 aromatic carbocycles. The molecule has 0 aliphatic heterocycles. The third-order valence-corrected chi connectivity index (χ3v) is 4.17. The van der Waals surface area contributed by atoms with Crippen molar-refractivity contribution in [2.45, 2.75) is 39.2 Å². The van der Waals surface area contributed by atoms with Gasteiger partial charge in [-0.2, -0.15) is 0 Å². The van der Waals surface area contributed by atoms with Gasteiger partial charge in [0.05, 0.1) is 0 Å². The van der Waals surface area contributed by atoms with E-state index in [9.17, 15) is 0 Å². The predicted molar refractivity (Wildman–Crippen MR) is 90.8 cm³/mol. The number of rotatable bonds is 5. The van der Waals surface area contributed by atoms with E-state index in [4.69, 9.17) is 0 Å². The monoisotopic (exact) mass is 277 g/mol. The van der Waals surface area contributed by atoms with E-state index < -0.39 is 0 Å². The highest BCUT2D eigenvalue weighted by atomic mass is 14.9. The number of hydrogen-bond acceptors (Lipinski definition) is 0. The molecule has 0 amide bonds. The van der Waals surface area contributed by atoms with E-state index in [0.29, 0.717) is 5.92 Å². The Hall–Kier alpha value is -2.02. The van der Waals surface area contributed by atoms with Gasteiger partial charge in [-0.1, -0.05) is 50.2 Å². The molecule has 21 heavy (non-hydrogen) atoms. The first-order chi connectivity index (χ1) is 10.2. The van der Waals surface area contributed by atoms with Crippen LogP contribution < -0.4 is 0 Å². The lowest BCUT2D eigenvalue weighted by molar-refractivity contribution is 0.662. The largest absolute Gasteiger partial charge is 0.347 e. The number of aryl methyl sites for hydroxylation is 2. The van der Waals surface area contributed by atoms with Crippen LogP contribution in [-0.4, -0.2) is 4.57 Å². The molecule has 1 nitrogen and oxygen atoms in total. The molecule has 1 heteroatoms. The fourth-order valence-electron chi connectivity index (χ4n) is 2.87. The van der Waals surface area contributed by atoms with E-state index in [1.165, 1.54) is 28.5 Å². The molecule has 0 aliphatic rings. The van der Waals surface area contributed by atoms with Crippen LogP contribution in [0.4, 0.5) is 0 Å². The highest BCUT2D eigenvalue weighted by Gasteiger charge is 2.04. The molecular formula is C20H23N. The molecule has 0 saturated carbocycles. The molecule has 108 valence electrons. The van der Waals surface area contributed by atoms with Crippen molar-refractivity contribution in [2.24, 2.45) is 0 Å². The minimum atomic E-state index is 0.593. The molecule has 0 aliphatic carbocycles. The molecule has 1 heterocycles. The van der Waals surface area contributed by atoms with Gasteiger partial charge in [-0.15, -0.1) is 0 Å². The number of hydrogen-bond donors (Lipinski definition) is 0. The fourth-order valence-corrected chi connectivity index (χ4v) is 2.87. The zero-order valence-electron chi connectivity index (χ0n) is 12.9. The van der Waals surface area contributed by atoms with Gasteiger partial charge < -0.3 is 4.57 Å². The second kappa shape index (κ2) is 6.17. The van der Waals surface area contributed by atoms with Crippen molar-refractivity contribution in [3.8, 4) is 0 Å². The normalized spacial score (nSPS) is 11.4. The van der Waals surface area contributed by atoms with Crippen LogP contribution in [0.3, 0.4) is 0 Å². The van der Waals surface area contributed by atoms with Crippen LogP contribution in [0.15, 0.2) is 60.8 Å². The molecule has 0 spiro atoms. The third kappa shape index (κ3) is 3.18. The van der Waals surface area contributed by atoms with Crippen molar-refractivity contribution in [1.29, 1.82) is 0 Å². The van der Waals surface area contributed by atoms with E-state index >= 15 is 0 Å². The first-order valence-corrected chi connectivity index (χ1v) is 7.87. The zero-order valence-corrected chi connectivity index (χ0v) is 12.9. The van der Waals surface area contributed by atoms with Gasteiger partial charge in [0.2, 0.25) is 0 Å². The number of aromatic nitrogens is 1. The van der Waals surface area contributed by atoms with Crippen LogP contribution in [0.5, 0.6) is 0 Å². The van der Waals surface area contributed by atoms with E-state index in [0.717, 1.165) is 13.0 Å². The summed E-state index contributed by atoms with van der Waals surface area (Å²) < 4.78 is 2.38. The summed E-state index contributed by atoms with van der Waals surface area (Å²) in [5.74, 6) is 0.593. The van der Waals surface area contributed by atoms with Gasteiger partial charge in [-0.3, -0.25) is 0 Å². The first-order valence-electron chi connectivity index (χ1n) is 7.87. The van der Waals surface area contributed by atoms with Crippen LogP contribution >= 0.6 is 0 Å². The van der Waals surface area contributed by atoms with Crippen LogP contribution in [0.25, 0.3) is 10.9 Å². The van der Waals surface area contributed by atoms with Crippen molar-refractivity contribution < 1.29 is 0 Å². The molecule has 0 saturated heterocycles. The number of fused-ring (bicyclic) bond motifs is 1. The lowest BCUT2D eigenvalue weighted by Crippen LogP contribution is -1.98. The Bertz CT molecular complexity index is 707. The molecule has 0 bridgehead atoms. The van der Waals surface area contributed by atoms with Crippen molar-refractivity contribution in [3.05, 3.63) is 71.9 Å². The van der Waals surface area contributed by atoms with Crippen molar-refractivity contribution in [2.75, 3.05) is 0 Å². The Morgan fingerprint density at radius 3 is 2.52 bits per heavy atom. The highest BCUT2D eigenvalue weighted by Crippen LogP contribution is 2.22. The summed E-state index contributed by atoms with van der Waals surface area (Å²) in [7, 11) is 0. The van der Waals surface area contributed by atoms with Gasteiger partial charge in [0.15, 0.2) is 0 Å². The summed E-state index contributed by atoms with van der Waals surface area (Å²) in [5, 5.41) is 1.36. The van der Waals surface area contributed by atoms with Gasteiger partial charge in [0, 0.05) is 18.3 Å². The van der Waals surface area contributed by atoms with E-state index in [2.05, 4.69) is 79.2 Å². The van der Waals surface area contributed by atoms with Gasteiger partial charge in [0.25, 0.3) is 0 Å². The predicted octanol–water partition coefficient (Wildman–Crippen LogP) is 5.40. The van der Waals surface area contributed by atoms with Crippen molar-refractivity contribution >= 4 is 10.9 Å². The van der Waals surface area contributed by atoms with E-state index in [1.54, 1.807) is 0 Å². The van der Waals surface area contributed by atoms with E-state index in [1.807, 2.05) is 0 Å². The fraction of sp³-hybridized carbons (Fsp3) is 0.300. The molecule has 0 N–H and O–H groups in total. The average molecular weight is 277 g/mol. The summed E-state index contributed by atoms with van der Waals surface area (Å²) in [6.45, 7) is 5.58. The molecule has 0 unspecified atom stereocenters. The van der Waals surface area contributed by atoms with Gasteiger partial charge in [-0.05, 0) is 53.5 Å². The Morgan fingerprint density at radius 1 is 0.952 bits per heavy atom. The summed E-state index contributed by atoms with van der Waals surface area (Å²) in [6, 6.07) is 19.8. The van der Waals surface area contributed by atoms with E-state index in [-0.39, 0.29) is 0 Å². The maximum atomic E-state index is 2.38. The van der Waals surface area contributed by atoms with Gasteiger partial charge in [0.1, 0.15) is 0 Å². The molecule has 1 aromatic heterocycles. The summed E-state index contributed by atoms with van der Waals surface area (Å²) in [4.78, 5) is 0. The molecule has 3 aromatic rings. The average Bonchev–Trinajstić information content (AvgIpc) is 2.91. The Kier molecular flexibility index (Phi) is 4.10. The lowest BCUT2D eigenvalue weighted by Gasteiger charge is -2.08. The minimum absolute atomic E-state index is 0.593. The second-order valence-corrected chi connectivity index (χ2v) is 6.07.